The van der Waals surface area contributed by atoms with Gasteiger partial charge in [0.25, 0.3) is 0 Å². The van der Waals surface area contributed by atoms with Gasteiger partial charge in [-0.15, -0.1) is 0 Å². The average Bonchev–Trinajstić information content (AvgIpc) is 3.19. The molecule has 3 heterocycles. The third-order valence-electron chi connectivity index (χ3n) is 4.07. The summed E-state index contributed by atoms with van der Waals surface area (Å²) in [6.07, 6.45) is 3.13. The molecular formula is C17H22N4O3S2. The molecule has 7 nitrogen and oxygen atoms in total. The van der Waals surface area contributed by atoms with Crippen molar-refractivity contribution in [2.45, 2.75) is 18.1 Å². The van der Waals surface area contributed by atoms with Crippen molar-refractivity contribution in [2.24, 2.45) is 0 Å². The predicted octanol–water partition coefficient (Wildman–Crippen LogP) is 2.71. The van der Waals surface area contributed by atoms with E-state index in [1.807, 2.05) is 44.5 Å². The highest BCUT2D eigenvalue weighted by Gasteiger charge is 2.34. The van der Waals surface area contributed by atoms with Crippen LogP contribution in [-0.2, 0) is 4.74 Å². The molecule has 140 valence electrons. The lowest BCUT2D eigenvalue weighted by atomic mass is 10.2. The van der Waals surface area contributed by atoms with Crippen LogP contribution in [0.2, 0.25) is 0 Å². The van der Waals surface area contributed by atoms with E-state index in [2.05, 4.69) is 14.9 Å². The zero-order valence-corrected chi connectivity index (χ0v) is 16.7. The molecule has 2 aromatic rings. The standard InChI is InChI=1S/C17H22N4O3S2/c1-20(2)17-18-8-10(9-19-17)16-21(3)11(7-13(22)24-4)15(26-16)12-5-6-14(23)25-12/h5-6,8-9,13,16,22-23H,7H2,1-4H3. The summed E-state index contributed by atoms with van der Waals surface area (Å²) in [5.41, 5.74) is 1.94. The Morgan fingerprint density at radius 2 is 2.00 bits per heavy atom. The van der Waals surface area contributed by atoms with Gasteiger partial charge < -0.3 is 24.7 Å². The molecule has 26 heavy (non-hydrogen) atoms. The van der Waals surface area contributed by atoms with Gasteiger partial charge in [0.1, 0.15) is 5.37 Å². The average molecular weight is 395 g/mol. The molecule has 0 spiro atoms. The van der Waals surface area contributed by atoms with Crippen molar-refractivity contribution in [2.75, 3.05) is 33.2 Å². The van der Waals surface area contributed by atoms with Crippen LogP contribution in [0, 0.1) is 0 Å². The number of hydrogen-bond donors (Lipinski definition) is 2. The van der Waals surface area contributed by atoms with Crippen LogP contribution < -0.4 is 4.90 Å². The quantitative estimate of drug-likeness (QED) is 0.724. The van der Waals surface area contributed by atoms with Gasteiger partial charge in [-0.25, -0.2) is 9.97 Å². The van der Waals surface area contributed by atoms with Crippen molar-refractivity contribution in [1.82, 2.24) is 14.9 Å². The van der Waals surface area contributed by atoms with Gasteiger partial charge in [0.15, 0.2) is 11.4 Å². The molecule has 9 heteroatoms. The fraction of sp³-hybridized carbons (Fsp3) is 0.412. The smallest absolute Gasteiger partial charge is 0.224 e. The number of ether oxygens (including phenoxy) is 1. The highest BCUT2D eigenvalue weighted by molar-refractivity contribution is 8.09. The molecule has 2 atom stereocenters. The van der Waals surface area contributed by atoms with Crippen molar-refractivity contribution in [3.8, 4) is 5.06 Å². The number of anilines is 1. The second-order valence-electron chi connectivity index (χ2n) is 6.10. The van der Waals surface area contributed by atoms with E-state index in [9.17, 15) is 10.2 Å². The molecule has 0 saturated heterocycles. The first-order valence-corrected chi connectivity index (χ1v) is 9.72. The van der Waals surface area contributed by atoms with E-state index < -0.39 is 6.29 Å². The summed E-state index contributed by atoms with van der Waals surface area (Å²) in [6, 6.07) is 3.57. The Kier molecular flexibility index (Phi) is 5.71. The number of hydrogen-bond acceptors (Lipinski definition) is 9. The van der Waals surface area contributed by atoms with Crippen molar-refractivity contribution < 1.29 is 14.9 Å². The summed E-state index contributed by atoms with van der Waals surface area (Å²) < 4.78 is 5.04. The number of rotatable bonds is 6. The van der Waals surface area contributed by atoms with E-state index in [-0.39, 0.29) is 10.4 Å². The Morgan fingerprint density at radius 3 is 2.54 bits per heavy atom. The summed E-state index contributed by atoms with van der Waals surface area (Å²) >= 11 is 2.98. The SMILES string of the molecule is COC(O)CC1=C(c2ccc(O)s2)SC(c2cnc(N(C)C)nc2)N1C. The van der Waals surface area contributed by atoms with E-state index in [1.165, 1.54) is 18.4 Å². The Morgan fingerprint density at radius 1 is 1.31 bits per heavy atom. The Bertz CT molecular complexity index is 792. The van der Waals surface area contributed by atoms with Crippen molar-refractivity contribution in [3.05, 3.63) is 40.7 Å². The summed E-state index contributed by atoms with van der Waals surface area (Å²) in [6.45, 7) is 0. The molecule has 2 aromatic heterocycles. The van der Waals surface area contributed by atoms with Gasteiger partial charge in [-0.2, -0.15) is 0 Å². The molecule has 0 amide bonds. The highest BCUT2D eigenvalue weighted by atomic mass is 32.2. The molecule has 0 aromatic carbocycles. The maximum Gasteiger partial charge on any atom is 0.224 e. The van der Waals surface area contributed by atoms with Gasteiger partial charge >= 0.3 is 0 Å². The van der Waals surface area contributed by atoms with Crippen LogP contribution in [0.4, 0.5) is 5.95 Å². The van der Waals surface area contributed by atoms with Crippen LogP contribution in [0.15, 0.2) is 30.2 Å². The van der Waals surface area contributed by atoms with Gasteiger partial charge in [-0.3, -0.25) is 0 Å². The third kappa shape index (κ3) is 3.80. The molecule has 3 rings (SSSR count). The predicted molar refractivity (Wildman–Crippen MR) is 105 cm³/mol. The second-order valence-corrected chi connectivity index (χ2v) is 8.25. The minimum absolute atomic E-state index is 0.00971. The molecule has 1 aliphatic rings. The molecule has 0 radical (unpaired) electrons. The number of nitrogens with zero attached hydrogens (tertiary/aromatic N) is 4. The number of thiophene rings is 1. The zero-order valence-electron chi connectivity index (χ0n) is 15.1. The minimum Gasteiger partial charge on any atom is -0.499 e. The van der Waals surface area contributed by atoms with Crippen molar-refractivity contribution in [3.63, 3.8) is 0 Å². The Hall–Kier alpha value is -1.81. The van der Waals surface area contributed by atoms with Crippen molar-refractivity contribution in [1.29, 1.82) is 0 Å². The summed E-state index contributed by atoms with van der Waals surface area (Å²) in [5, 5.41) is 20.0. The molecular weight excluding hydrogens is 372 g/mol. The van der Waals surface area contributed by atoms with Crippen molar-refractivity contribution >= 4 is 34.0 Å². The first-order valence-electron chi connectivity index (χ1n) is 8.02. The largest absolute Gasteiger partial charge is 0.499 e. The number of thioether (sulfide) groups is 1. The molecule has 2 N–H and O–H groups in total. The third-order valence-corrected chi connectivity index (χ3v) is 6.61. The first-order chi connectivity index (χ1) is 12.4. The maximum atomic E-state index is 9.99. The zero-order chi connectivity index (χ0) is 18.8. The lowest BCUT2D eigenvalue weighted by molar-refractivity contribution is -0.0748. The van der Waals surface area contributed by atoms with E-state index >= 15 is 0 Å². The summed E-state index contributed by atoms with van der Waals surface area (Å²) in [4.78, 5) is 14.8. The number of aliphatic hydroxyl groups excluding tert-OH is 1. The number of aliphatic hydroxyl groups is 1. The molecule has 1 aliphatic heterocycles. The van der Waals surface area contributed by atoms with Gasteiger partial charge in [-0.1, -0.05) is 23.1 Å². The summed E-state index contributed by atoms with van der Waals surface area (Å²) in [7, 11) is 7.27. The normalized spacial score (nSPS) is 18.5. The van der Waals surface area contributed by atoms with E-state index in [4.69, 9.17) is 4.74 Å². The van der Waals surface area contributed by atoms with Gasteiger partial charge in [0.2, 0.25) is 5.95 Å². The lowest BCUT2D eigenvalue weighted by Gasteiger charge is -2.25. The fourth-order valence-corrected chi connectivity index (χ4v) is 4.97. The van der Waals surface area contributed by atoms with E-state index in [0.29, 0.717) is 12.4 Å². The van der Waals surface area contributed by atoms with Crippen LogP contribution in [0.25, 0.3) is 4.91 Å². The Labute approximate surface area is 161 Å². The van der Waals surface area contributed by atoms with Crippen LogP contribution in [-0.4, -0.2) is 59.6 Å². The number of aromatic nitrogens is 2. The number of methoxy groups -OCH3 is 1. The van der Waals surface area contributed by atoms with Crippen LogP contribution in [0.5, 0.6) is 5.06 Å². The van der Waals surface area contributed by atoms with Gasteiger partial charge in [0, 0.05) is 68.1 Å². The Balaban J connectivity index is 1.92. The molecule has 0 aliphatic carbocycles. The van der Waals surface area contributed by atoms with Crippen LogP contribution >= 0.6 is 23.1 Å². The molecule has 2 unspecified atom stereocenters. The second kappa shape index (κ2) is 7.83. The topological polar surface area (TPSA) is 81.9 Å². The fourth-order valence-electron chi connectivity index (χ4n) is 2.68. The summed E-state index contributed by atoms with van der Waals surface area (Å²) in [5.74, 6) is 0.658. The highest BCUT2D eigenvalue weighted by Crippen LogP contribution is 2.53. The molecule has 0 fully saturated rings. The van der Waals surface area contributed by atoms with Gasteiger partial charge in [-0.05, 0) is 12.1 Å². The maximum absolute atomic E-state index is 9.99. The molecule has 0 bridgehead atoms. The number of aromatic hydroxyl groups is 1. The lowest BCUT2D eigenvalue weighted by Crippen LogP contribution is -2.22. The van der Waals surface area contributed by atoms with Crippen LogP contribution in [0.1, 0.15) is 22.2 Å². The minimum atomic E-state index is -0.886. The van der Waals surface area contributed by atoms with Crippen LogP contribution in [0.3, 0.4) is 0 Å². The monoisotopic (exact) mass is 394 g/mol. The van der Waals surface area contributed by atoms with E-state index in [1.54, 1.807) is 17.8 Å². The first kappa shape index (κ1) is 19.0. The molecule has 0 saturated carbocycles. The van der Waals surface area contributed by atoms with E-state index in [0.717, 1.165) is 21.0 Å². The van der Waals surface area contributed by atoms with Gasteiger partial charge in [0.05, 0.1) is 0 Å².